The van der Waals surface area contributed by atoms with E-state index in [-0.39, 0.29) is 12.2 Å². The van der Waals surface area contributed by atoms with Crippen LogP contribution in [0.15, 0.2) is 0 Å². The maximum Gasteiger partial charge on any atom is 0.240 e. The molecule has 0 radical (unpaired) electrons. The number of nitrogens with one attached hydrogen (secondary N) is 1. The van der Waals surface area contributed by atoms with Crippen LogP contribution in [0.4, 0.5) is 0 Å². The summed E-state index contributed by atoms with van der Waals surface area (Å²) in [5.41, 5.74) is 0. The Morgan fingerprint density at radius 3 is 2.53 bits per heavy atom. The standard InChI is InChI=1S/C14H26N2O/c1-5-12(8-11-6-7-11)16-13(9(2)3)15-10(4)14(16)17/h9-13,15H,5-8H2,1-4H3. The highest BCUT2D eigenvalue weighted by atomic mass is 16.2. The molecule has 3 atom stereocenters. The Morgan fingerprint density at radius 1 is 1.41 bits per heavy atom. The lowest BCUT2D eigenvalue weighted by Gasteiger charge is -2.34. The largest absolute Gasteiger partial charge is 0.323 e. The molecule has 98 valence electrons. The fourth-order valence-corrected chi connectivity index (χ4v) is 2.90. The molecule has 1 saturated carbocycles. The second-order valence-electron chi connectivity index (χ2n) is 6.06. The van der Waals surface area contributed by atoms with Crippen molar-refractivity contribution >= 4 is 5.91 Å². The smallest absolute Gasteiger partial charge is 0.240 e. The summed E-state index contributed by atoms with van der Waals surface area (Å²) in [6.07, 6.45) is 5.27. The highest BCUT2D eigenvalue weighted by Gasteiger charge is 2.42. The molecule has 0 aromatic rings. The van der Waals surface area contributed by atoms with Crippen LogP contribution in [0.1, 0.15) is 53.4 Å². The van der Waals surface area contributed by atoms with Crippen LogP contribution < -0.4 is 5.32 Å². The quantitative estimate of drug-likeness (QED) is 0.797. The van der Waals surface area contributed by atoms with Gasteiger partial charge < -0.3 is 4.90 Å². The van der Waals surface area contributed by atoms with Gasteiger partial charge in [-0.05, 0) is 31.6 Å². The van der Waals surface area contributed by atoms with Gasteiger partial charge in [-0.15, -0.1) is 0 Å². The van der Waals surface area contributed by atoms with Gasteiger partial charge in [0.05, 0.1) is 12.2 Å². The fraction of sp³-hybridized carbons (Fsp3) is 0.929. The molecule has 3 unspecified atom stereocenters. The van der Waals surface area contributed by atoms with Crippen molar-refractivity contribution in [3.05, 3.63) is 0 Å². The van der Waals surface area contributed by atoms with Gasteiger partial charge in [0, 0.05) is 6.04 Å². The molecule has 2 rings (SSSR count). The van der Waals surface area contributed by atoms with E-state index in [1.54, 1.807) is 0 Å². The number of hydrogen-bond acceptors (Lipinski definition) is 2. The zero-order valence-electron chi connectivity index (χ0n) is 11.6. The van der Waals surface area contributed by atoms with Gasteiger partial charge in [-0.2, -0.15) is 0 Å². The molecule has 0 bridgehead atoms. The molecule has 1 heterocycles. The second kappa shape index (κ2) is 4.97. The van der Waals surface area contributed by atoms with Crippen molar-refractivity contribution < 1.29 is 4.79 Å². The van der Waals surface area contributed by atoms with Gasteiger partial charge in [0.2, 0.25) is 5.91 Å². The van der Waals surface area contributed by atoms with Gasteiger partial charge >= 0.3 is 0 Å². The second-order valence-corrected chi connectivity index (χ2v) is 6.06. The van der Waals surface area contributed by atoms with Crippen LogP contribution in [-0.2, 0) is 4.79 Å². The van der Waals surface area contributed by atoms with E-state index in [9.17, 15) is 4.79 Å². The van der Waals surface area contributed by atoms with E-state index in [2.05, 4.69) is 31.0 Å². The lowest BCUT2D eigenvalue weighted by molar-refractivity contribution is -0.133. The summed E-state index contributed by atoms with van der Waals surface area (Å²) in [5.74, 6) is 1.67. The molecule has 17 heavy (non-hydrogen) atoms. The SMILES string of the molecule is CCC(CC1CC1)N1C(=O)C(C)NC1C(C)C. The van der Waals surface area contributed by atoms with Crippen LogP contribution in [0.25, 0.3) is 0 Å². The minimum absolute atomic E-state index is 0.00402. The molecule has 1 saturated heterocycles. The van der Waals surface area contributed by atoms with Crippen molar-refractivity contribution in [2.45, 2.75) is 71.6 Å². The molecule has 3 heteroatoms. The van der Waals surface area contributed by atoms with E-state index in [1.165, 1.54) is 19.3 Å². The number of carbonyl (C=O) groups excluding carboxylic acids is 1. The summed E-state index contributed by atoms with van der Waals surface area (Å²) in [7, 11) is 0. The lowest BCUT2D eigenvalue weighted by Crippen LogP contribution is -2.47. The van der Waals surface area contributed by atoms with Gasteiger partial charge in [-0.25, -0.2) is 0 Å². The van der Waals surface area contributed by atoms with E-state index in [0.29, 0.717) is 17.9 Å². The number of hydrogen-bond donors (Lipinski definition) is 1. The van der Waals surface area contributed by atoms with Crippen molar-refractivity contribution in [3.8, 4) is 0 Å². The summed E-state index contributed by atoms with van der Waals surface area (Å²) < 4.78 is 0. The molecule has 1 aliphatic heterocycles. The number of nitrogens with zero attached hydrogens (tertiary/aromatic N) is 1. The Hall–Kier alpha value is -0.570. The minimum atomic E-state index is -0.00402. The minimum Gasteiger partial charge on any atom is -0.323 e. The van der Waals surface area contributed by atoms with Crippen molar-refractivity contribution in [1.82, 2.24) is 10.2 Å². The van der Waals surface area contributed by atoms with Crippen LogP contribution in [0.5, 0.6) is 0 Å². The van der Waals surface area contributed by atoms with Crippen LogP contribution in [0.3, 0.4) is 0 Å². The third kappa shape index (κ3) is 2.65. The van der Waals surface area contributed by atoms with Crippen LogP contribution in [0, 0.1) is 11.8 Å². The van der Waals surface area contributed by atoms with E-state index in [1.807, 2.05) is 6.92 Å². The third-order valence-electron chi connectivity index (χ3n) is 4.14. The summed E-state index contributed by atoms with van der Waals surface area (Å²) in [6, 6.07) is 0.440. The molecule has 2 aliphatic rings. The molecule has 1 amide bonds. The van der Waals surface area contributed by atoms with Crippen molar-refractivity contribution in [1.29, 1.82) is 0 Å². The Balaban J connectivity index is 2.09. The molecule has 2 fully saturated rings. The van der Waals surface area contributed by atoms with Crippen molar-refractivity contribution in [2.75, 3.05) is 0 Å². The predicted octanol–water partition coefficient (Wildman–Crippen LogP) is 2.37. The van der Waals surface area contributed by atoms with Gasteiger partial charge in [0.1, 0.15) is 0 Å². The summed E-state index contributed by atoms with van der Waals surface area (Å²) in [5, 5.41) is 3.44. The first-order valence-electron chi connectivity index (χ1n) is 7.12. The summed E-state index contributed by atoms with van der Waals surface area (Å²) in [4.78, 5) is 14.4. The van der Waals surface area contributed by atoms with Crippen molar-refractivity contribution in [3.63, 3.8) is 0 Å². The van der Waals surface area contributed by atoms with Crippen LogP contribution in [-0.4, -0.2) is 29.1 Å². The highest BCUT2D eigenvalue weighted by molar-refractivity contribution is 5.84. The summed E-state index contributed by atoms with van der Waals surface area (Å²) >= 11 is 0. The van der Waals surface area contributed by atoms with Crippen LogP contribution >= 0.6 is 0 Å². The number of amides is 1. The maximum absolute atomic E-state index is 12.3. The topological polar surface area (TPSA) is 32.3 Å². The predicted molar refractivity (Wildman–Crippen MR) is 69.5 cm³/mol. The van der Waals surface area contributed by atoms with E-state index >= 15 is 0 Å². The normalized spacial score (nSPS) is 31.4. The van der Waals surface area contributed by atoms with E-state index < -0.39 is 0 Å². The molecular formula is C14H26N2O. The Morgan fingerprint density at radius 2 is 2.06 bits per heavy atom. The lowest BCUT2D eigenvalue weighted by atomic mass is 10.0. The Labute approximate surface area is 105 Å². The maximum atomic E-state index is 12.3. The molecule has 0 aromatic carbocycles. The Kier molecular flexibility index (Phi) is 3.76. The van der Waals surface area contributed by atoms with Gasteiger partial charge in [-0.1, -0.05) is 33.6 Å². The molecule has 3 nitrogen and oxygen atoms in total. The zero-order valence-corrected chi connectivity index (χ0v) is 11.6. The first-order valence-corrected chi connectivity index (χ1v) is 7.12. The number of carbonyl (C=O) groups is 1. The van der Waals surface area contributed by atoms with Crippen LogP contribution in [0.2, 0.25) is 0 Å². The monoisotopic (exact) mass is 238 g/mol. The molecular weight excluding hydrogens is 212 g/mol. The van der Waals surface area contributed by atoms with Gasteiger partial charge in [0.25, 0.3) is 0 Å². The molecule has 0 spiro atoms. The molecule has 1 aliphatic carbocycles. The van der Waals surface area contributed by atoms with Crippen molar-refractivity contribution in [2.24, 2.45) is 11.8 Å². The fourth-order valence-electron chi connectivity index (χ4n) is 2.90. The zero-order chi connectivity index (χ0) is 12.6. The van der Waals surface area contributed by atoms with Gasteiger partial charge in [0.15, 0.2) is 0 Å². The third-order valence-corrected chi connectivity index (χ3v) is 4.14. The average molecular weight is 238 g/mol. The molecule has 1 N–H and O–H groups in total. The highest BCUT2D eigenvalue weighted by Crippen LogP contribution is 2.37. The van der Waals surface area contributed by atoms with Gasteiger partial charge in [-0.3, -0.25) is 10.1 Å². The van der Waals surface area contributed by atoms with E-state index in [4.69, 9.17) is 0 Å². The number of rotatable bonds is 5. The van der Waals surface area contributed by atoms with E-state index in [0.717, 1.165) is 12.3 Å². The first kappa shape index (κ1) is 12.9. The Bertz CT molecular complexity index is 286. The first-order chi connectivity index (χ1) is 8.04. The molecule has 0 aromatic heterocycles. The summed E-state index contributed by atoms with van der Waals surface area (Å²) in [6.45, 7) is 8.59. The average Bonchev–Trinajstić information content (AvgIpc) is 3.04.